The van der Waals surface area contributed by atoms with Crippen molar-refractivity contribution in [2.45, 2.75) is 19.3 Å². The summed E-state index contributed by atoms with van der Waals surface area (Å²) in [5.41, 5.74) is 3.56. The van der Waals surface area contributed by atoms with Crippen molar-refractivity contribution in [2.24, 2.45) is 0 Å². The van der Waals surface area contributed by atoms with Gasteiger partial charge in [-0.05, 0) is 49.1 Å². The lowest BCUT2D eigenvalue weighted by molar-refractivity contribution is 0.626. The summed E-state index contributed by atoms with van der Waals surface area (Å²) in [4.78, 5) is 0. The van der Waals surface area contributed by atoms with Crippen molar-refractivity contribution in [1.82, 2.24) is 9.78 Å². The molecule has 0 aliphatic heterocycles. The van der Waals surface area contributed by atoms with E-state index in [0.717, 1.165) is 18.5 Å². The number of hydrogen-bond acceptors (Lipinski definition) is 1. The van der Waals surface area contributed by atoms with Crippen LogP contribution in [0.15, 0.2) is 30.5 Å². The van der Waals surface area contributed by atoms with Crippen molar-refractivity contribution in [3.63, 3.8) is 0 Å². The number of aryl methyl sites for hydroxylation is 1. The van der Waals surface area contributed by atoms with E-state index < -0.39 is 0 Å². The molecule has 0 saturated carbocycles. The molecule has 0 saturated heterocycles. The normalized spacial score (nSPS) is 14.2. The fourth-order valence-electron chi connectivity index (χ4n) is 2.13. The Morgan fingerprint density at radius 2 is 1.93 bits per heavy atom. The van der Waals surface area contributed by atoms with Gasteiger partial charge in [-0.25, -0.2) is 9.07 Å². The first-order valence-electron chi connectivity index (χ1n) is 5.16. The fourth-order valence-corrected chi connectivity index (χ4v) is 2.13. The molecule has 0 fully saturated rings. The molecule has 3 heteroatoms. The quantitative estimate of drug-likeness (QED) is 0.694. The van der Waals surface area contributed by atoms with Crippen molar-refractivity contribution in [1.29, 1.82) is 0 Å². The highest BCUT2D eigenvalue weighted by Crippen LogP contribution is 2.23. The van der Waals surface area contributed by atoms with Crippen molar-refractivity contribution < 1.29 is 4.39 Å². The average molecular weight is 202 g/mol. The summed E-state index contributed by atoms with van der Waals surface area (Å²) in [6, 6.07) is 6.47. The average Bonchev–Trinajstić information content (AvgIpc) is 2.80. The van der Waals surface area contributed by atoms with Gasteiger partial charge in [0.25, 0.3) is 0 Å². The molecule has 0 unspecified atom stereocenters. The van der Waals surface area contributed by atoms with Crippen LogP contribution in [0, 0.1) is 5.82 Å². The molecule has 0 spiro atoms. The fraction of sp³-hybridized carbons (Fsp3) is 0.250. The molecule has 0 N–H and O–H groups in total. The molecule has 0 bridgehead atoms. The number of nitrogens with zero attached hydrogens (tertiary/aromatic N) is 2. The Labute approximate surface area is 87.4 Å². The van der Waals surface area contributed by atoms with Crippen LogP contribution in [0.25, 0.3) is 5.69 Å². The first kappa shape index (κ1) is 8.65. The Hall–Kier alpha value is -1.64. The number of halogens is 1. The molecule has 1 aromatic heterocycles. The third kappa shape index (κ3) is 1.35. The highest BCUT2D eigenvalue weighted by molar-refractivity contribution is 5.36. The van der Waals surface area contributed by atoms with Gasteiger partial charge in [0, 0.05) is 5.69 Å². The van der Waals surface area contributed by atoms with E-state index in [-0.39, 0.29) is 5.82 Å². The van der Waals surface area contributed by atoms with E-state index in [1.165, 1.54) is 29.8 Å². The Kier molecular flexibility index (Phi) is 1.84. The lowest BCUT2D eigenvalue weighted by Gasteiger charge is -2.04. The van der Waals surface area contributed by atoms with Crippen LogP contribution in [-0.2, 0) is 12.8 Å². The van der Waals surface area contributed by atoms with Crippen molar-refractivity contribution in [2.75, 3.05) is 0 Å². The van der Waals surface area contributed by atoms with Crippen molar-refractivity contribution in [3.05, 3.63) is 47.5 Å². The Morgan fingerprint density at radius 1 is 1.13 bits per heavy atom. The number of fused-ring (bicyclic) bond motifs is 1. The SMILES string of the molecule is Fc1ccc(-n2ncc3c2CCC3)cc1. The minimum Gasteiger partial charge on any atom is -0.238 e. The predicted octanol–water partition coefficient (Wildman–Crippen LogP) is 2.50. The summed E-state index contributed by atoms with van der Waals surface area (Å²) >= 11 is 0. The zero-order valence-electron chi connectivity index (χ0n) is 8.28. The van der Waals surface area contributed by atoms with Crippen molar-refractivity contribution in [3.8, 4) is 5.69 Å². The molecule has 1 aliphatic carbocycles. The van der Waals surface area contributed by atoms with Crippen LogP contribution in [-0.4, -0.2) is 9.78 Å². The van der Waals surface area contributed by atoms with Crippen LogP contribution in [0.3, 0.4) is 0 Å². The molecule has 0 atom stereocenters. The second-order valence-electron chi connectivity index (χ2n) is 3.86. The lowest BCUT2D eigenvalue weighted by Crippen LogP contribution is -2.00. The first-order valence-corrected chi connectivity index (χ1v) is 5.16. The maximum atomic E-state index is 12.8. The van der Waals surface area contributed by atoms with E-state index >= 15 is 0 Å². The monoisotopic (exact) mass is 202 g/mol. The largest absolute Gasteiger partial charge is 0.238 e. The molecule has 2 aromatic rings. The Morgan fingerprint density at radius 3 is 2.73 bits per heavy atom. The van der Waals surface area contributed by atoms with Gasteiger partial charge in [-0.1, -0.05) is 0 Å². The third-order valence-corrected chi connectivity index (χ3v) is 2.89. The molecule has 76 valence electrons. The number of rotatable bonds is 1. The van der Waals surface area contributed by atoms with E-state index in [1.807, 2.05) is 10.9 Å². The minimum atomic E-state index is -0.206. The number of aromatic nitrogens is 2. The molecule has 3 rings (SSSR count). The highest BCUT2D eigenvalue weighted by atomic mass is 19.1. The van der Waals surface area contributed by atoms with Gasteiger partial charge in [-0.3, -0.25) is 0 Å². The summed E-state index contributed by atoms with van der Waals surface area (Å²) in [5.74, 6) is -0.206. The van der Waals surface area contributed by atoms with Crippen LogP contribution in [0.5, 0.6) is 0 Å². The molecule has 15 heavy (non-hydrogen) atoms. The van der Waals surface area contributed by atoms with Crippen molar-refractivity contribution >= 4 is 0 Å². The van der Waals surface area contributed by atoms with E-state index in [2.05, 4.69) is 5.10 Å². The van der Waals surface area contributed by atoms with E-state index in [9.17, 15) is 4.39 Å². The van der Waals surface area contributed by atoms with Gasteiger partial charge >= 0.3 is 0 Å². The van der Waals surface area contributed by atoms with Crippen LogP contribution < -0.4 is 0 Å². The first-order chi connectivity index (χ1) is 7.34. The molecule has 1 heterocycles. The number of hydrogen-bond donors (Lipinski definition) is 0. The van der Waals surface area contributed by atoms with Crippen LogP contribution >= 0.6 is 0 Å². The van der Waals surface area contributed by atoms with Crippen LogP contribution in [0.4, 0.5) is 4.39 Å². The highest BCUT2D eigenvalue weighted by Gasteiger charge is 2.17. The second-order valence-corrected chi connectivity index (χ2v) is 3.86. The maximum absolute atomic E-state index is 12.8. The summed E-state index contributed by atoms with van der Waals surface area (Å²) in [6.45, 7) is 0. The topological polar surface area (TPSA) is 17.8 Å². The van der Waals surface area contributed by atoms with Gasteiger partial charge in [0.15, 0.2) is 0 Å². The standard InChI is InChI=1S/C12H11FN2/c13-10-4-6-11(7-5-10)15-12-3-1-2-9(12)8-14-15/h4-8H,1-3H2. The molecular formula is C12H11FN2. The van der Waals surface area contributed by atoms with Crippen LogP contribution in [0.2, 0.25) is 0 Å². The van der Waals surface area contributed by atoms with Gasteiger partial charge < -0.3 is 0 Å². The maximum Gasteiger partial charge on any atom is 0.123 e. The Balaban J connectivity index is 2.09. The zero-order valence-corrected chi connectivity index (χ0v) is 8.28. The molecule has 1 aromatic carbocycles. The zero-order chi connectivity index (χ0) is 10.3. The van der Waals surface area contributed by atoms with Gasteiger partial charge in [0.1, 0.15) is 5.82 Å². The smallest absolute Gasteiger partial charge is 0.123 e. The molecule has 2 nitrogen and oxygen atoms in total. The Bertz CT molecular complexity index is 485. The molecular weight excluding hydrogens is 191 g/mol. The predicted molar refractivity (Wildman–Crippen MR) is 55.5 cm³/mol. The molecule has 1 aliphatic rings. The summed E-state index contributed by atoms with van der Waals surface area (Å²) in [7, 11) is 0. The van der Waals surface area contributed by atoms with Gasteiger partial charge in [0.05, 0.1) is 11.9 Å². The lowest BCUT2D eigenvalue weighted by atomic mass is 10.3. The van der Waals surface area contributed by atoms with E-state index in [1.54, 1.807) is 12.1 Å². The summed E-state index contributed by atoms with van der Waals surface area (Å²) < 4.78 is 14.7. The third-order valence-electron chi connectivity index (χ3n) is 2.89. The van der Waals surface area contributed by atoms with E-state index in [0.29, 0.717) is 0 Å². The van der Waals surface area contributed by atoms with Gasteiger partial charge in [-0.2, -0.15) is 5.10 Å². The summed E-state index contributed by atoms with van der Waals surface area (Å²) in [6.07, 6.45) is 5.32. The minimum absolute atomic E-state index is 0.206. The molecule has 0 amide bonds. The molecule has 0 radical (unpaired) electrons. The number of benzene rings is 1. The van der Waals surface area contributed by atoms with Gasteiger partial charge in [-0.15, -0.1) is 0 Å². The second kappa shape index (κ2) is 3.19. The van der Waals surface area contributed by atoms with E-state index in [4.69, 9.17) is 0 Å². The van der Waals surface area contributed by atoms with Crippen LogP contribution in [0.1, 0.15) is 17.7 Å². The van der Waals surface area contributed by atoms with Gasteiger partial charge in [0.2, 0.25) is 0 Å². The summed E-state index contributed by atoms with van der Waals surface area (Å²) in [5, 5.41) is 4.33.